The predicted molar refractivity (Wildman–Crippen MR) is 64.3 cm³/mol. The molecule has 0 spiro atoms. The van der Waals surface area contributed by atoms with E-state index in [-0.39, 0.29) is 18.0 Å². The molecule has 0 saturated carbocycles. The first-order chi connectivity index (χ1) is 7.78. The molecule has 1 aromatic carbocycles. The third kappa shape index (κ3) is 4.79. The van der Waals surface area contributed by atoms with Crippen LogP contribution in [0.5, 0.6) is 0 Å². The van der Waals surface area contributed by atoms with Crippen LogP contribution in [0.4, 0.5) is 11.4 Å². The van der Waals surface area contributed by atoms with E-state index in [1.54, 1.807) is 13.0 Å². The van der Waals surface area contributed by atoms with Crippen LogP contribution in [0.25, 0.3) is 0 Å². The van der Waals surface area contributed by atoms with Crippen molar-refractivity contribution in [3.05, 3.63) is 33.9 Å². The molecule has 0 aliphatic carbocycles. The molecule has 1 rings (SSSR count). The first kappa shape index (κ1) is 13.4. The van der Waals surface area contributed by atoms with Gasteiger partial charge < -0.3 is 5.32 Å². The van der Waals surface area contributed by atoms with Crippen LogP contribution < -0.4 is 10.5 Å². The molecule has 0 radical (unpaired) electrons. The quantitative estimate of drug-likeness (QED) is 0.593. The first-order valence-corrected chi connectivity index (χ1v) is 6.50. The number of hydrogen-bond donors (Lipinski definition) is 2. The summed E-state index contributed by atoms with van der Waals surface area (Å²) in [5.74, 6) is -0.227. The van der Waals surface area contributed by atoms with Gasteiger partial charge in [-0.1, -0.05) is 0 Å². The van der Waals surface area contributed by atoms with E-state index in [0.717, 1.165) is 5.56 Å². The number of nitrogens with two attached hydrogens (primary N) is 1. The van der Waals surface area contributed by atoms with Crippen molar-refractivity contribution < 1.29 is 13.3 Å². The van der Waals surface area contributed by atoms with Crippen molar-refractivity contribution in [1.82, 2.24) is 0 Å². The zero-order valence-corrected chi connectivity index (χ0v) is 10.0. The van der Waals surface area contributed by atoms with Crippen LogP contribution in [0, 0.1) is 17.0 Å². The fourth-order valence-electron chi connectivity index (χ4n) is 1.31. The monoisotopic (exact) mass is 259 g/mol. The smallest absolute Gasteiger partial charge is 0.271 e. The highest BCUT2D eigenvalue weighted by molar-refractivity contribution is 7.89. The van der Waals surface area contributed by atoms with Crippen LogP contribution in [0.1, 0.15) is 5.56 Å². The first-order valence-electron chi connectivity index (χ1n) is 4.78. The van der Waals surface area contributed by atoms with Crippen molar-refractivity contribution >= 4 is 21.4 Å². The number of aryl methyl sites for hydroxylation is 1. The number of nitrogens with one attached hydrogen (secondary N) is 1. The minimum Gasteiger partial charge on any atom is -0.384 e. The molecular weight excluding hydrogens is 246 g/mol. The molecule has 17 heavy (non-hydrogen) atoms. The molecule has 0 aliphatic rings. The molecule has 0 bridgehead atoms. The fourth-order valence-corrected chi connectivity index (χ4v) is 1.69. The maximum Gasteiger partial charge on any atom is 0.271 e. The number of non-ortho nitro benzene ring substituents is 1. The van der Waals surface area contributed by atoms with Crippen molar-refractivity contribution in [3.8, 4) is 0 Å². The van der Waals surface area contributed by atoms with E-state index in [1.807, 2.05) is 0 Å². The molecule has 94 valence electrons. The van der Waals surface area contributed by atoms with Crippen LogP contribution in [-0.2, 0) is 10.0 Å². The minimum absolute atomic E-state index is 0.0388. The number of rotatable bonds is 5. The van der Waals surface area contributed by atoms with Gasteiger partial charge in [0.25, 0.3) is 5.69 Å². The number of nitro benzene ring substituents is 1. The molecule has 0 amide bonds. The van der Waals surface area contributed by atoms with Gasteiger partial charge in [0, 0.05) is 24.4 Å². The van der Waals surface area contributed by atoms with E-state index in [1.165, 1.54) is 12.1 Å². The predicted octanol–water partition coefficient (Wildman–Crippen LogP) is 0.604. The Morgan fingerprint density at radius 3 is 2.59 bits per heavy atom. The maximum atomic E-state index is 10.7. The van der Waals surface area contributed by atoms with Gasteiger partial charge in [0.1, 0.15) is 0 Å². The van der Waals surface area contributed by atoms with Crippen LogP contribution in [-0.4, -0.2) is 25.6 Å². The van der Waals surface area contributed by atoms with Crippen LogP contribution in [0.15, 0.2) is 18.2 Å². The molecule has 0 aromatic heterocycles. The molecule has 0 atom stereocenters. The summed E-state index contributed by atoms with van der Waals surface area (Å²) in [6.07, 6.45) is 0. The molecular formula is C9H13N3O4S. The molecule has 3 N–H and O–H groups in total. The highest BCUT2D eigenvalue weighted by Gasteiger charge is 2.08. The third-order valence-corrected chi connectivity index (χ3v) is 2.76. The number of benzene rings is 1. The Bertz CT molecular complexity index is 527. The molecule has 0 saturated heterocycles. The lowest BCUT2D eigenvalue weighted by molar-refractivity contribution is -0.384. The second kappa shape index (κ2) is 5.11. The average molecular weight is 259 g/mol. The number of primary sulfonamides is 1. The second-order valence-corrected chi connectivity index (χ2v) is 5.34. The molecule has 0 aliphatic heterocycles. The summed E-state index contributed by atoms with van der Waals surface area (Å²) in [6.45, 7) is 1.83. The van der Waals surface area contributed by atoms with E-state index in [9.17, 15) is 18.5 Å². The lowest BCUT2D eigenvalue weighted by atomic mass is 10.2. The summed E-state index contributed by atoms with van der Waals surface area (Å²) >= 11 is 0. The van der Waals surface area contributed by atoms with E-state index in [4.69, 9.17) is 5.14 Å². The highest BCUT2D eigenvalue weighted by Crippen LogP contribution is 2.20. The largest absolute Gasteiger partial charge is 0.384 e. The summed E-state index contributed by atoms with van der Waals surface area (Å²) in [7, 11) is -3.53. The zero-order valence-electron chi connectivity index (χ0n) is 9.21. The van der Waals surface area contributed by atoms with Gasteiger partial charge >= 0.3 is 0 Å². The number of nitrogens with zero attached hydrogens (tertiary/aromatic N) is 1. The van der Waals surface area contributed by atoms with Gasteiger partial charge in [0.15, 0.2) is 0 Å². The Labute approximate surface area is 98.8 Å². The van der Waals surface area contributed by atoms with E-state index >= 15 is 0 Å². The number of sulfonamides is 1. The van der Waals surface area contributed by atoms with E-state index < -0.39 is 14.9 Å². The Kier molecular flexibility index (Phi) is 4.02. The Morgan fingerprint density at radius 2 is 2.06 bits per heavy atom. The summed E-state index contributed by atoms with van der Waals surface area (Å²) in [6, 6.07) is 4.47. The van der Waals surface area contributed by atoms with E-state index in [0.29, 0.717) is 5.69 Å². The van der Waals surface area contributed by atoms with Gasteiger partial charge in [-0.25, -0.2) is 13.6 Å². The van der Waals surface area contributed by atoms with Gasteiger partial charge in [-0.05, 0) is 18.6 Å². The maximum absolute atomic E-state index is 10.7. The summed E-state index contributed by atoms with van der Waals surface area (Å²) in [4.78, 5) is 10.1. The van der Waals surface area contributed by atoms with Crippen molar-refractivity contribution in [3.63, 3.8) is 0 Å². The fraction of sp³-hybridized carbons (Fsp3) is 0.333. The average Bonchev–Trinajstić information content (AvgIpc) is 2.14. The topological polar surface area (TPSA) is 115 Å². The zero-order chi connectivity index (χ0) is 13.1. The lowest BCUT2D eigenvalue weighted by Crippen LogP contribution is -2.22. The molecule has 8 heteroatoms. The van der Waals surface area contributed by atoms with Gasteiger partial charge in [-0.2, -0.15) is 0 Å². The van der Waals surface area contributed by atoms with Gasteiger partial charge in [-0.3, -0.25) is 10.1 Å². The Balaban J connectivity index is 2.75. The number of hydrogen-bond acceptors (Lipinski definition) is 5. The summed E-state index contributed by atoms with van der Waals surface area (Å²) in [5.41, 5.74) is 1.18. The number of nitro groups is 1. The van der Waals surface area contributed by atoms with Crippen molar-refractivity contribution in [2.75, 3.05) is 17.6 Å². The molecule has 0 unspecified atom stereocenters. The SMILES string of the molecule is Cc1cc(NCCS(N)(=O)=O)cc([N+](=O)[O-])c1. The highest BCUT2D eigenvalue weighted by atomic mass is 32.2. The lowest BCUT2D eigenvalue weighted by Gasteiger charge is -2.06. The Hall–Kier alpha value is -1.67. The minimum atomic E-state index is -3.53. The van der Waals surface area contributed by atoms with Crippen LogP contribution in [0.2, 0.25) is 0 Å². The van der Waals surface area contributed by atoms with Gasteiger partial charge in [0.05, 0.1) is 10.7 Å². The summed E-state index contributed by atoms with van der Waals surface area (Å²) in [5, 5.41) is 18.2. The van der Waals surface area contributed by atoms with Crippen LogP contribution >= 0.6 is 0 Å². The van der Waals surface area contributed by atoms with Gasteiger partial charge in [0.2, 0.25) is 10.0 Å². The molecule has 0 fully saturated rings. The molecule has 1 aromatic rings. The number of anilines is 1. The van der Waals surface area contributed by atoms with Crippen molar-refractivity contribution in [1.29, 1.82) is 0 Å². The van der Waals surface area contributed by atoms with Crippen molar-refractivity contribution in [2.24, 2.45) is 5.14 Å². The Morgan fingerprint density at radius 1 is 1.41 bits per heavy atom. The summed E-state index contributed by atoms with van der Waals surface area (Å²) < 4.78 is 21.4. The standard InChI is InChI=1S/C9H13N3O4S/c1-7-4-8(6-9(5-7)12(13)14)11-2-3-17(10,15)16/h4-6,11H,2-3H2,1H3,(H2,10,15,16). The van der Waals surface area contributed by atoms with Gasteiger partial charge in [-0.15, -0.1) is 0 Å². The molecule has 7 nitrogen and oxygen atoms in total. The van der Waals surface area contributed by atoms with E-state index in [2.05, 4.69) is 5.32 Å². The molecule has 0 heterocycles. The second-order valence-electron chi connectivity index (χ2n) is 3.61. The van der Waals surface area contributed by atoms with Crippen LogP contribution in [0.3, 0.4) is 0 Å². The third-order valence-electron chi connectivity index (χ3n) is 1.99. The normalized spacial score (nSPS) is 11.2. The van der Waals surface area contributed by atoms with Crippen molar-refractivity contribution in [2.45, 2.75) is 6.92 Å².